The molecular weight excluding hydrogens is 316 g/mol. The zero-order valence-corrected chi connectivity index (χ0v) is 13.7. The summed E-state index contributed by atoms with van der Waals surface area (Å²) in [5, 5.41) is 19.3. The number of benzene rings is 2. The Labute approximate surface area is 146 Å². The third-order valence-corrected chi connectivity index (χ3v) is 3.83. The van der Waals surface area contributed by atoms with Crippen LogP contribution in [-0.2, 0) is 0 Å². The molecule has 0 saturated heterocycles. The average Bonchev–Trinajstić information content (AvgIpc) is 3.17. The molecule has 2 aromatic carbocycles. The Balaban J connectivity index is 1.74. The molecule has 0 spiro atoms. The standard InChI is InChI=1S/C19H20N4O2/c24-14-11-16(15-7-2-1-3-8-15)21-19(25)22-17-9-4-5-10-18(17)23-13-6-12-20-23/h1-10,12-13,16,24H,11,14H2,(H2,21,22,25)/t16-/m1/s1. The minimum atomic E-state index is -0.332. The number of aliphatic hydroxyl groups excluding tert-OH is 1. The van der Waals surface area contributed by atoms with Gasteiger partial charge in [-0.15, -0.1) is 0 Å². The Morgan fingerprint density at radius 3 is 2.56 bits per heavy atom. The zero-order valence-electron chi connectivity index (χ0n) is 13.7. The highest BCUT2D eigenvalue weighted by Gasteiger charge is 2.15. The fraction of sp³-hybridized carbons (Fsp3) is 0.158. The molecule has 3 rings (SSSR count). The summed E-state index contributed by atoms with van der Waals surface area (Å²) in [6.45, 7) is -0.0102. The molecule has 0 bridgehead atoms. The second-order valence-corrected chi connectivity index (χ2v) is 5.54. The summed E-state index contributed by atoms with van der Waals surface area (Å²) < 4.78 is 1.69. The van der Waals surface area contributed by atoms with Crippen molar-refractivity contribution in [3.05, 3.63) is 78.6 Å². The summed E-state index contributed by atoms with van der Waals surface area (Å²) in [6, 6.07) is 18.3. The number of hydrogen-bond acceptors (Lipinski definition) is 3. The van der Waals surface area contributed by atoms with Crippen LogP contribution in [0.2, 0.25) is 0 Å². The van der Waals surface area contributed by atoms with Gasteiger partial charge in [0.05, 0.1) is 17.4 Å². The summed E-state index contributed by atoms with van der Waals surface area (Å²) in [4.78, 5) is 12.5. The monoisotopic (exact) mass is 336 g/mol. The van der Waals surface area contributed by atoms with E-state index in [1.54, 1.807) is 10.9 Å². The van der Waals surface area contributed by atoms with E-state index in [0.717, 1.165) is 11.3 Å². The minimum absolute atomic E-state index is 0.0102. The normalized spacial score (nSPS) is 11.7. The van der Waals surface area contributed by atoms with Crippen molar-refractivity contribution in [2.75, 3.05) is 11.9 Å². The molecule has 6 heteroatoms. The number of carbonyl (C=O) groups excluding carboxylic acids is 1. The predicted molar refractivity (Wildman–Crippen MR) is 96.6 cm³/mol. The van der Waals surface area contributed by atoms with Gasteiger partial charge in [-0.05, 0) is 30.2 Å². The number of rotatable bonds is 6. The molecule has 0 aliphatic rings. The summed E-state index contributed by atoms with van der Waals surface area (Å²) in [7, 11) is 0. The molecule has 2 amide bonds. The van der Waals surface area contributed by atoms with Gasteiger partial charge in [0, 0.05) is 19.0 Å². The summed E-state index contributed by atoms with van der Waals surface area (Å²) >= 11 is 0. The van der Waals surface area contributed by atoms with E-state index in [0.29, 0.717) is 12.1 Å². The van der Waals surface area contributed by atoms with Gasteiger partial charge in [-0.3, -0.25) is 0 Å². The lowest BCUT2D eigenvalue weighted by atomic mass is 10.0. The van der Waals surface area contributed by atoms with Crippen molar-refractivity contribution < 1.29 is 9.90 Å². The van der Waals surface area contributed by atoms with Crippen molar-refractivity contribution in [1.82, 2.24) is 15.1 Å². The summed E-state index contributed by atoms with van der Waals surface area (Å²) in [5.41, 5.74) is 2.38. The van der Waals surface area contributed by atoms with Gasteiger partial charge in [-0.25, -0.2) is 9.48 Å². The first-order valence-electron chi connectivity index (χ1n) is 8.10. The fourth-order valence-electron chi connectivity index (χ4n) is 2.64. The third-order valence-electron chi connectivity index (χ3n) is 3.83. The van der Waals surface area contributed by atoms with Crippen molar-refractivity contribution in [2.24, 2.45) is 0 Å². The van der Waals surface area contributed by atoms with Gasteiger partial charge in [0.2, 0.25) is 0 Å². The SMILES string of the molecule is O=C(Nc1ccccc1-n1cccn1)N[C@H](CCO)c1ccccc1. The molecule has 1 atom stereocenters. The van der Waals surface area contributed by atoms with E-state index in [9.17, 15) is 9.90 Å². The minimum Gasteiger partial charge on any atom is -0.396 e. The number of carbonyl (C=O) groups is 1. The van der Waals surface area contributed by atoms with E-state index in [2.05, 4.69) is 15.7 Å². The van der Waals surface area contributed by atoms with Crippen LogP contribution < -0.4 is 10.6 Å². The van der Waals surface area contributed by atoms with Crippen molar-refractivity contribution in [3.8, 4) is 5.69 Å². The third kappa shape index (κ3) is 4.24. The second kappa shape index (κ2) is 8.12. The average molecular weight is 336 g/mol. The predicted octanol–water partition coefficient (Wildman–Crippen LogP) is 3.12. The summed E-state index contributed by atoms with van der Waals surface area (Å²) in [6.07, 6.45) is 3.94. The van der Waals surface area contributed by atoms with Crippen molar-refractivity contribution in [2.45, 2.75) is 12.5 Å². The number of aromatic nitrogens is 2. The molecule has 0 unspecified atom stereocenters. The van der Waals surface area contributed by atoms with Gasteiger partial charge in [-0.1, -0.05) is 42.5 Å². The molecule has 0 aliphatic heterocycles. The lowest BCUT2D eigenvalue weighted by Crippen LogP contribution is -2.33. The first-order chi connectivity index (χ1) is 12.3. The Bertz CT molecular complexity index is 803. The van der Waals surface area contributed by atoms with Crippen LogP contribution in [-0.4, -0.2) is 27.5 Å². The Hall–Kier alpha value is -3.12. The van der Waals surface area contributed by atoms with E-state index < -0.39 is 0 Å². The van der Waals surface area contributed by atoms with Crippen molar-refractivity contribution in [3.63, 3.8) is 0 Å². The highest BCUT2D eigenvalue weighted by molar-refractivity contribution is 5.91. The quantitative estimate of drug-likeness (QED) is 0.647. The van der Waals surface area contributed by atoms with Crippen LogP contribution in [0.4, 0.5) is 10.5 Å². The number of para-hydroxylation sites is 2. The number of hydrogen-bond donors (Lipinski definition) is 3. The number of aliphatic hydroxyl groups is 1. The first kappa shape index (κ1) is 16.7. The van der Waals surface area contributed by atoms with Crippen molar-refractivity contribution in [1.29, 1.82) is 0 Å². The van der Waals surface area contributed by atoms with E-state index in [1.165, 1.54) is 0 Å². The molecule has 3 N–H and O–H groups in total. The Morgan fingerprint density at radius 1 is 1.08 bits per heavy atom. The maximum atomic E-state index is 12.5. The van der Waals surface area contributed by atoms with E-state index >= 15 is 0 Å². The first-order valence-corrected chi connectivity index (χ1v) is 8.10. The molecule has 0 fully saturated rings. The number of nitrogens with one attached hydrogen (secondary N) is 2. The molecule has 1 aromatic heterocycles. The molecule has 0 aliphatic carbocycles. The maximum absolute atomic E-state index is 12.5. The topological polar surface area (TPSA) is 79.2 Å². The van der Waals surface area contributed by atoms with Crippen molar-refractivity contribution >= 4 is 11.7 Å². The molecule has 3 aromatic rings. The van der Waals surface area contributed by atoms with Gasteiger partial charge in [-0.2, -0.15) is 5.10 Å². The number of urea groups is 1. The molecule has 1 heterocycles. The van der Waals surface area contributed by atoms with Crippen LogP contribution in [0.15, 0.2) is 73.1 Å². The lowest BCUT2D eigenvalue weighted by molar-refractivity contribution is 0.239. The largest absolute Gasteiger partial charge is 0.396 e. The van der Waals surface area contributed by atoms with Crippen LogP contribution in [0.1, 0.15) is 18.0 Å². The molecule has 25 heavy (non-hydrogen) atoms. The van der Waals surface area contributed by atoms with Crippen LogP contribution >= 0.6 is 0 Å². The molecule has 0 saturated carbocycles. The number of anilines is 1. The van der Waals surface area contributed by atoms with Crippen LogP contribution in [0.25, 0.3) is 5.69 Å². The van der Waals surface area contributed by atoms with E-state index in [-0.39, 0.29) is 18.7 Å². The molecular formula is C19H20N4O2. The van der Waals surface area contributed by atoms with Gasteiger partial charge in [0.1, 0.15) is 0 Å². The molecule has 128 valence electrons. The fourth-order valence-corrected chi connectivity index (χ4v) is 2.64. The lowest BCUT2D eigenvalue weighted by Gasteiger charge is -2.19. The zero-order chi connectivity index (χ0) is 17.5. The highest BCUT2D eigenvalue weighted by atomic mass is 16.3. The van der Waals surface area contributed by atoms with Gasteiger partial charge < -0.3 is 15.7 Å². The Kier molecular flexibility index (Phi) is 5.43. The van der Waals surface area contributed by atoms with Gasteiger partial charge in [0.15, 0.2) is 0 Å². The van der Waals surface area contributed by atoms with E-state index in [1.807, 2.05) is 66.9 Å². The van der Waals surface area contributed by atoms with Crippen LogP contribution in [0.5, 0.6) is 0 Å². The molecule has 0 radical (unpaired) electrons. The number of nitrogens with zero attached hydrogens (tertiary/aromatic N) is 2. The summed E-state index contributed by atoms with van der Waals surface area (Å²) in [5.74, 6) is 0. The maximum Gasteiger partial charge on any atom is 0.319 e. The molecule has 6 nitrogen and oxygen atoms in total. The Morgan fingerprint density at radius 2 is 1.84 bits per heavy atom. The van der Waals surface area contributed by atoms with E-state index in [4.69, 9.17) is 0 Å². The number of amides is 2. The smallest absolute Gasteiger partial charge is 0.319 e. The van der Waals surface area contributed by atoms with Gasteiger partial charge >= 0.3 is 6.03 Å². The van der Waals surface area contributed by atoms with Crippen LogP contribution in [0, 0.1) is 0 Å². The second-order valence-electron chi connectivity index (χ2n) is 5.54. The van der Waals surface area contributed by atoms with Gasteiger partial charge in [0.25, 0.3) is 0 Å². The van der Waals surface area contributed by atoms with Crippen LogP contribution in [0.3, 0.4) is 0 Å². The highest BCUT2D eigenvalue weighted by Crippen LogP contribution is 2.20.